The predicted octanol–water partition coefficient (Wildman–Crippen LogP) is 3.62. The Bertz CT molecular complexity index is 1080. The van der Waals surface area contributed by atoms with E-state index in [9.17, 15) is 18.4 Å². The van der Waals surface area contributed by atoms with Gasteiger partial charge < -0.3 is 10.4 Å². The summed E-state index contributed by atoms with van der Waals surface area (Å²) in [6, 6.07) is 9.44. The molecule has 2 heterocycles. The SMILES string of the molecule is O=C1CS[C@@H](c2ccc(C(=O)O)cc2)c2cnn(-c3ccc(F)cc3F)c2N1. The van der Waals surface area contributed by atoms with Crippen LogP contribution < -0.4 is 5.32 Å². The Morgan fingerprint density at radius 2 is 1.96 bits per heavy atom. The Kier molecular flexibility index (Phi) is 4.60. The number of carboxylic acid groups (broad SMARTS) is 1. The Hall–Kier alpha value is -3.20. The van der Waals surface area contributed by atoms with Crippen molar-refractivity contribution in [2.75, 3.05) is 11.1 Å². The van der Waals surface area contributed by atoms with Crippen molar-refractivity contribution in [1.82, 2.24) is 9.78 Å². The number of carboxylic acids is 1. The number of aromatic nitrogens is 2. The van der Waals surface area contributed by atoms with Crippen LogP contribution in [0.2, 0.25) is 0 Å². The zero-order valence-corrected chi connectivity index (χ0v) is 15.0. The molecule has 142 valence electrons. The molecule has 0 fully saturated rings. The molecule has 0 bridgehead atoms. The Morgan fingerprint density at radius 1 is 1.21 bits per heavy atom. The van der Waals surface area contributed by atoms with Crippen LogP contribution in [0.3, 0.4) is 0 Å². The Labute approximate surface area is 162 Å². The highest BCUT2D eigenvalue weighted by Gasteiger charge is 2.29. The van der Waals surface area contributed by atoms with E-state index in [1.165, 1.54) is 40.8 Å². The first-order valence-electron chi connectivity index (χ1n) is 8.22. The standard InChI is InChI=1S/C19H13F2N3O3S/c20-12-5-6-15(14(21)7-12)24-18-13(8-22-24)17(28-9-16(25)23-18)10-1-3-11(4-2-10)19(26)27/h1-8,17H,9H2,(H,23,25)(H,26,27)/t17-/m0/s1. The van der Waals surface area contributed by atoms with Crippen molar-refractivity contribution in [1.29, 1.82) is 0 Å². The van der Waals surface area contributed by atoms with E-state index in [1.807, 2.05) is 0 Å². The summed E-state index contributed by atoms with van der Waals surface area (Å²) in [4.78, 5) is 23.2. The molecule has 0 saturated carbocycles. The summed E-state index contributed by atoms with van der Waals surface area (Å²) < 4.78 is 28.7. The van der Waals surface area contributed by atoms with E-state index in [0.29, 0.717) is 11.4 Å². The number of rotatable bonds is 3. The molecule has 0 saturated heterocycles. The summed E-state index contributed by atoms with van der Waals surface area (Å²) in [5.41, 5.74) is 1.59. The third-order valence-corrected chi connectivity index (χ3v) is 5.61. The molecule has 0 spiro atoms. The zero-order valence-electron chi connectivity index (χ0n) is 14.2. The molecule has 2 aromatic carbocycles. The lowest BCUT2D eigenvalue weighted by Gasteiger charge is -2.14. The molecule has 9 heteroatoms. The minimum absolute atomic E-state index is 0.00910. The molecule has 3 aromatic rings. The lowest BCUT2D eigenvalue weighted by Crippen LogP contribution is -2.16. The van der Waals surface area contributed by atoms with Crippen LogP contribution in [0.1, 0.15) is 26.7 Å². The number of aromatic carboxylic acids is 1. The van der Waals surface area contributed by atoms with Gasteiger partial charge in [-0.15, -0.1) is 11.8 Å². The van der Waals surface area contributed by atoms with E-state index in [0.717, 1.165) is 17.7 Å². The lowest BCUT2D eigenvalue weighted by molar-refractivity contribution is -0.113. The third-order valence-electron chi connectivity index (χ3n) is 4.32. The molecule has 0 unspecified atom stereocenters. The molecule has 2 N–H and O–H groups in total. The number of fused-ring (bicyclic) bond motifs is 1. The molecule has 6 nitrogen and oxygen atoms in total. The van der Waals surface area contributed by atoms with Gasteiger partial charge in [-0.05, 0) is 29.8 Å². The van der Waals surface area contributed by atoms with Gasteiger partial charge in [0, 0.05) is 11.6 Å². The van der Waals surface area contributed by atoms with E-state index in [2.05, 4.69) is 10.4 Å². The summed E-state index contributed by atoms with van der Waals surface area (Å²) in [5.74, 6) is -2.37. The maximum atomic E-state index is 14.2. The molecular formula is C19H13F2N3O3S. The lowest BCUT2D eigenvalue weighted by atomic mass is 10.0. The molecule has 1 atom stereocenters. The first kappa shape index (κ1) is 18.2. The van der Waals surface area contributed by atoms with Crippen LogP contribution in [-0.2, 0) is 4.79 Å². The van der Waals surface area contributed by atoms with Crippen molar-refractivity contribution >= 4 is 29.5 Å². The van der Waals surface area contributed by atoms with E-state index >= 15 is 0 Å². The number of nitrogens with zero attached hydrogens (tertiary/aromatic N) is 2. The molecular weight excluding hydrogens is 388 g/mol. The molecule has 28 heavy (non-hydrogen) atoms. The molecule has 4 rings (SSSR count). The van der Waals surface area contributed by atoms with Crippen molar-refractivity contribution < 1.29 is 23.5 Å². The highest BCUT2D eigenvalue weighted by Crippen LogP contribution is 2.42. The van der Waals surface area contributed by atoms with Gasteiger partial charge in [0.05, 0.1) is 22.8 Å². The van der Waals surface area contributed by atoms with Gasteiger partial charge in [-0.1, -0.05) is 12.1 Å². The Balaban J connectivity index is 1.80. The largest absolute Gasteiger partial charge is 0.478 e. The summed E-state index contributed by atoms with van der Waals surface area (Å²) in [6.45, 7) is 0. The van der Waals surface area contributed by atoms with E-state index < -0.39 is 17.6 Å². The number of amides is 1. The number of anilines is 1. The number of hydrogen-bond acceptors (Lipinski definition) is 4. The van der Waals surface area contributed by atoms with Crippen molar-refractivity contribution in [2.45, 2.75) is 5.25 Å². The second-order valence-electron chi connectivity index (χ2n) is 6.12. The fourth-order valence-electron chi connectivity index (χ4n) is 3.01. The minimum atomic E-state index is -1.03. The average Bonchev–Trinajstić information content (AvgIpc) is 2.97. The maximum Gasteiger partial charge on any atom is 0.335 e. The highest BCUT2D eigenvalue weighted by molar-refractivity contribution is 8.00. The second kappa shape index (κ2) is 7.08. The summed E-state index contributed by atoms with van der Waals surface area (Å²) in [7, 11) is 0. The number of carbonyl (C=O) groups excluding carboxylic acids is 1. The van der Waals surface area contributed by atoms with Crippen molar-refractivity contribution in [3.05, 3.63) is 77.0 Å². The normalized spacial score (nSPS) is 16.2. The molecule has 0 aliphatic carbocycles. The van der Waals surface area contributed by atoms with Crippen LogP contribution in [0.25, 0.3) is 5.69 Å². The summed E-state index contributed by atoms with van der Waals surface area (Å²) >= 11 is 1.35. The number of thioether (sulfide) groups is 1. The Morgan fingerprint density at radius 3 is 2.64 bits per heavy atom. The van der Waals surface area contributed by atoms with Gasteiger partial charge in [-0.2, -0.15) is 5.10 Å². The molecule has 1 amide bonds. The van der Waals surface area contributed by atoms with E-state index in [1.54, 1.807) is 12.1 Å². The van der Waals surface area contributed by atoms with Gasteiger partial charge in [-0.25, -0.2) is 18.3 Å². The maximum absolute atomic E-state index is 14.2. The zero-order chi connectivity index (χ0) is 19.8. The van der Waals surface area contributed by atoms with Gasteiger partial charge in [0.25, 0.3) is 0 Å². The van der Waals surface area contributed by atoms with Crippen molar-refractivity contribution in [3.63, 3.8) is 0 Å². The van der Waals surface area contributed by atoms with Crippen LogP contribution in [-0.4, -0.2) is 32.5 Å². The van der Waals surface area contributed by atoms with Crippen LogP contribution in [0, 0.1) is 11.6 Å². The molecule has 0 radical (unpaired) electrons. The van der Waals surface area contributed by atoms with Crippen molar-refractivity contribution in [2.24, 2.45) is 0 Å². The number of benzene rings is 2. The molecule has 1 aromatic heterocycles. The number of nitrogens with one attached hydrogen (secondary N) is 1. The van der Waals surface area contributed by atoms with Gasteiger partial charge in [0.15, 0.2) is 5.82 Å². The highest BCUT2D eigenvalue weighted by atomic mass is 32.2. The van der Waals surface area contributed by atoms with Gasteiger partial charge >= 0.3 is 5.97 Å². The van der Waals surface area contributed by atoms with E-state index in [4.69, 9.17) is 5.11 Å². The van der Waals surface area contributed by atoms with Crippen LogP contribution >= 0.6 is 11.8 Å². The van der Waals surface area contributed by atoms with Crippen molar-refractivity contribution in [3.8, 4) is 5.69 Å². The van der Waals surface area contributed by atoms with Crippen LogP contribution in [0.15, 0.2) is 48.7 Å². The smallest absolute Gasteiger partial charge is 0.335 e. The topological polar surface area (TPSA) is 84.2 Å². The predicted molar refractivity (Wildman–Crippen MR) is 99.8 cm³/mol. The molecule has 1 aliphatic heterocycles. The fourth-order valence-corrected chi connectivity index (χ4v) is 4.10. The molecule has 1 aliphatic rings. The average molecular weight is 401 g/mol. The third kappa shape index (κ3) is 3.24. The monoisotopic (exact) mass is 401 g/mol. The summed E-state index contributed by atoms with van der Waals surface area (Å²) in [6.07, 6.45) is 1.52. The van der Waals surface area contributed by atoms with Crippen LogP contribution in [0.4, 0.5) is 14.6 Å². The van der Waals surface area contributed by atoms with Gasteiger partial charge in [-0.3, -0.25) is 4.79 Å². The quantitative estimate of drug-likeness (QED) is 0.700. The van der Waals surface area contributed by atoms with Crippen LogP contribution in [0.5, 0.6) is 0 Å². The van der Waals surface area contributed by atoms with Gasteiger partial charge in [0.1, 0.15) is 17.3 Å². The van der Waals surface area contributed by atoms with E-state index in [-0.39, 0.29) is 28.2 Å². The van der Waals surface area contributed by atoms with Gasteiger partial charge in [0.2, 0.25) is 5.91 Å². The first-order valence-corrected chi connectivity index (χ1v) is 9.27. The summed E-state index contributed by atoms with van der Waals surface area (Å²) in [5, 5.41) is 15.7. The number of carbonyl (C=O) groups is 2. The minimum Gasteiger partial charge on any atom is -0.478 e. The number of halogens is 2. The second-order valence-corrected chi connectivity index (χ2v) is 7.22. The first-order chi connectivity index (χ1) is 13.4. The fraction of sp³-hybridized carbons (Fsp3) is 0.105. The number of hydrogen-bond donors (Lipinski definition) is 2.